The van der Waals surface area contributed by atoms with Crippen molar-refractivity contribution >= 4 is 5.71 Å². The van der Waals surface area contributed by atoms with Crippen molar-refractivity contribution in [2.24, 2.45) is 5.16 Å². The van der Waals surface area contributed by atoms with Gasteiger partial charge in [0.05, 0.1) is 0 Å². The summed E-state index contributed by atoms with van der Waals surface area (Å²) in [5.74, 6) is -25.4. The highest BCUT2D eigenvalue weighted by Gasteiger charge is 2.89. The van der Waals surface area contributed by atoms with Gasteiger partial charge >= 0.3 is 23.7 Å². The normalized spacial score (nSPS) is 35.8. The van der Waals surface area contributed by atoms with Gasteiger partial charge in [0.15, 0.2) is 5.71 Å². The van der Waals surface area contributed by atoms with Crippen LogP contribution in [0.2, 0.25) is 0 Å². The lowest BCUT2D eigenvalue weighted by Crippen LogP contribution is -2.74. The maximum Gasteiger partial charge on any atom is 0.384 e. The van der Waals surface area contributed by atoms with Crippen LogP contribution in [-0.4, -0.2) is 40.8 Å². The second-order valence-corrected chi connectivity index (χ2v) is 3.19. The molecule has 2 nitrogen and oxygen atoms in total. The summed E-state index contributed by atoms with van der Waals surface area (Å²) in [6.07, 6.45) is -4.53. The first-order valence-electron chi connectivity index (χ1n) is 3.73. The molecule has 100 valence electrons. The van der Waals surface area contributed by atoms with Crippen molar-refractivity contribution in [1.29, 1.82) is 0 Å². The Bertz CT molecular complexity index is 362. The Morgan fingerprint density at radius 1 is 0.882 bits per heavy atom. The molecule has 1 atom stereocenters. The van der Waals surface area contributed by atoms with Gasteiger partial charge in [0.25, 0.3) is 0 Å². The molecule has 1 N–H and O–H groups in total. The molecule has 1 fully saturated rings. The van der Waals surface area contributed by atoms with E-state index in [-0.39, 0.29) is 0 Å². The second-order valence-electron chi connectivity index (χ2n) is 3.19. The van der Waals surface area contributed by atoms with E-state index in [9.17, 15) is 39.5 Å². The Kier molecular flexibility index (Phi) is 2.61. The molecule has 0 radical (unpaired) electrons. The van der Waals surface area contributed by atoms with Gasteiger partial charge in [-0.1, -0.05) is 5.16 Å². The lowest BCUT2D eigenvalue weighted by Gasteiger charge is -2.43. The maximum absolute atomic E-state index is 12.6. The average molecular weight is 275 g/mol. The monoisotopic (exact) mass is 275 g/mol. The van der Waals surface area contributed by atoms with Crippen LogP contribution in [0.4, 0.5) is 39.5 Å². The van der Waals surface area contributed by atoms with Crippen LogP contribution < -0.4 is 0 Å². The molecule has 0 spiro atoms. The fourth-order valence-electron chi connectivity index (χ4n) is 1.17. The van der Waals surface area contributed by atoms with E-state index < -0.39 is 35.6 Å². The van der Waals surface area contributed by atoms with Crippen LogP contribution in [0.5, 0.6) is 0 Å². The van der Waals surface area contributed by atoms with Crippen LogP contribution in [0.15, 0.2) is 5.16 Å². The highest BCUT2D eigenvalue weighted by Crippen LogP contribution is 2.59. The molecule has 0 aromatic heterocycles. The van der Waals surface area contributed by atoms with Gasteiger partial charge in [0.2, 0.25) is 6.17 Å². The van der Waals surface area contributed by atoms with Crippen molar-refractivity contribution < 1.29 is 44.7 Å². The third kappa shape index (κ3) is 1.27. The summed E-state index contributed by atoms with van der Waals surface area (Å²) < 4.78 is 113. The summed E-state index contributed by atoms with van der Waals surface area (Å²) in [4.78, 5) is 0. The molecule has 0 amide bonds. The zero-order chi connectivity index (χ0) is 13.9. The van der Waals surface area contributed by atoms with Gasteiger partial charge in [-0.15, -0.1) is 0 Å². The number of alkyl halides is 9. The van der Waals surface area contributed by atoms with Gasteiger partial charge in [-0.25, -0.2) is 4.39 Å². The van der Waals surface area contributed by atoms with Crippen molar-refractivity contribution in [3.63, 3.8) is 0 Å². The molecule has 11 heteroatoms. The second kappa shape index (κ2) is 3.19. The molecule has 1 rings (SSSR count). The number of halogens is 9. The van der Waals surface area contributed by atoms with Crippen molar-refractivity contribution in [3.8, 4) is 0 Å². The van der Waals surface area contributed by atoms with Crippen LogP contribution in [-0.2, 0) is 0 Å². The fourth-order valence-corrected chi connectivity index (χ4v) is 1.17. The SMILES string of the molecule is ON=C1C(F)C(F)(F)C(F)(F)C(F)(F)C1(F)F. The van der Waals surface area contributed by atoms with Gasteiger partial charge in [-0.05, 0) is 0 Å². The largest absolute Gasteiger partial charge is 0.411 e. The van der Waals surface area contributed by atoms with Crippen LogP contribution in [0.25, 0.3) is 0 Å². The van der Waals surface area contributed by atoms with Gasteiger partial charge in [-0.3, -0.25) is 0 Å². The van der Waals surface area contributed by atoms with E-state index >= 15 is 0 Å². The average Bonchev–Trinajstić information content (AvgIpc) is 2.15. The summed E-state index contributed by atoms with van der Waals surface area (Å²) in [7, 11) is 0. The first kappa shape index (κ1) is 13.9. The highest BCUT2D eigenvalue weighted by atomic mass is 19.4. The molecule has 0 bridgehead atoms. The topological polar surface area (TPSA) is 32.6 Å². The maximum atomic E-state index is 12.6. The van der Waals surface area contributed by atoms with Crippen molar-refractivity contribution in [1.82, 2.24) is 0 Å². The molecule has 0 saturated heterocycles. The van der Waals surface area contributed by atoms with E-state index in [4.69, 9.17) is 5.21 Å². The Morgan fingerprint density at radius 3 is 1.65 bits per heavy atom. The van der Waals surface area contributed by atoms with Gasteiger partial charge in [-0.2, -0.15) is 35.1 Å². The summed E-state index contributed by atoms with van der Waals surface area (Å²) in [5.41, 5.74) is -3.04. The minimum Gasteiger partial charge on any atom is -0.411 e. The van der Waals surface area contributed by atoms with Gasteiger partial charge in [0, 0.05) is 0 Å². The molecule has 1 saturated carbocycles. The minimum atomic E-state index is -6.63. The quantitative estimate of drug-likeness (QED) is 0.411. The first-order chi connectivity index (χ1) is 7.35. The van der Waals surface area contributed by atoms with E-state index in [2.05, 4.69) is 0 Å². The summed E-state index contributed by atoms with van der Waals surface area (Å²) in [6, 6.07) is 0. The summed E-state index contributed by atoms with van der Waals surface area (Å²) >= 11 is 0. The predicted octanol–water partition coefficient (Wildman–Crippen LogP) is 2.71. The van der Waals surface area contributed by atoms with Crippen molar-refractivity contribution in [2.45, 2.75) is 29.9 Å². The van der Waals surface area contributed by atoms with Gasteiger partial charge < -0.3 is 5.21 Å². The Balaban J connectivity index is 3.56. The first-order valence-corrected chi connectivity index (χ1v) is 3.73. The van der Waals surface area contributed by atoms with Crippen LogP contribution in [0, 0.1) is 0 Å². The van der Waals surface area contributed by atoms with Crippen molar-refractivity contribution in [2.75, 3.05) is 0 Å². The number of hydrogen-bond acceptors (Lipinski definition) is 2. The molecule has 1 aliphatic rings. The van der Waals surface area contributed by atoms with E-state index in [0.29, 0.717) is 0 Å². The van der Waals surface area contributed by atoms with Crippen LogP contribution in [0.1, 0.15) is 0 Å². The van der Waals surface area contributed by atoms with E-state index in [1.807, 2.05) is 0 Å². The summed E-state index contributed by atoms with van der Waals surface area (Å²) in [5, 5.41) is 9.02. The molecule has 0 aromatic rings. The zero-order valence-corrected chi connectivity index (χ0v) is 7.37. The number of hydrogen-bond donors (Lipinski definition) is 1. The fraction of sp³-hybridized carbons (Fsp3) is 0.833. The van der Waals surface area contributed by atoms with E-state index in [1.54, 1.807) is 0 Å². The molecular weight excluding hydrogens is 273 g/mol. The number of oxime groups is 1. The molecule has 17 heavy (non-hydrogen) atoms. The minimum absolute atomic E-state index is 1.24. The van der Waals surface area contributed by atoms with Crippen LogP contribution in [0.3, 0.4) is 0 Å². The Labute approximate surface area is 86.7 Å². The Hall–Kier alpha value is -1.16. The zero-order valence-electron chi connectivity index (χ0n) is 7.37. The molecule has 0 aromatic carbocycles. The van der Waals surface area contributed by atoms with E-state index in [1.165, 1.54) is 5.16 Å². The standard InChI is InChI=1S/C6H2F9NO/c7-1-2(16-17)4(10,11)6(14,15)5(12,13)3(1,8)9/h1,17H. The molecule has 0 aliphatic heterocycles. The van der Waals surface area contributed by atoms with Crippen molar-refractivity contribution in [3.05, 3.63) is 0 Å². The predicted molar refractivity (Wildman–Crippen MR) is 33.9 cm³/mol. The third-order valence-corrected chi connectivity index (χ3v) is 2.20. The van der Waals surface area contributed by atoms with Crippen LogP contribution >= 0.6 is 0 Å². The lowest BCUT2D eigenvalue weighted by molar-refractivity contribution is -0.372. The van der Waals surface area contributed by atoms with Gasteiger partial charge in [0.1, 0.15) is 0 Å². The lowest BCUT2D eigenvalue weighted by atomic mass is 9.83. The summed E-state index contributed by atoms with van der Waals surface area (Å²) in [6.45, 7) is 0. The molecule has 1 unspecified atom stereocenters. The third-order valence-electron chi connectivity index (χ3n) is 2.20. The molecule has 1 aliphatic carbocycles. The highest BCUT2D eigenvalue weighted by molar-refractivity contribution is 5.97. The molecular formula is C6H2F9NO. The molecule has 0 heterocycles. The van der Waals surface area contributed by atoms with E-state index in [0.717, 1.165) is 0 Å². The number of rotatable bonds is 0. The smallest absolute Gasteiger partial charge is 0.384 e. The number of nitrogens with zero attached hydrogens (tertiary/aromatic N) is 1. The Morgan fingerprint density at radius 2 is 1.29 bits per heavy atom.